The summed E-state index contributed by atoms with van der Waals surface area (Å²) in [6, 6.07) is 13.9. The number of hydrogen-bond acceptors (Lipinski definition) is 3. The number of hydrogen-bond donors (Lipinski definition) is 0. The van der Waals surface area contributed by atoms with Gasteiger partial charge in [0.05, 0.1) is 16.3 Å². The summed E-state index contributed by atoms with van der Waals surface area (Å²) in [5, 5.41) is 0.950. The van der Waals surface area contributed by atoms with E-state index in [2.05, 4.69) is 6.92 Å². The first-order chi connectivity index (χ1) is 13.5. The van der Waals surface area contributed by atoms with Gasteiger partial charge < -0.3 is 4.90 Å². The van der Waals surface area contributed by atoms with Gasteiger partial charge >= 0.3 is 0 Å². The number of carbonyl (C=O) groups is 2. The Kier molecular flexibility index (Phi) is 5.17. The van der Waals surface area contributed by atoms with Crippen molar-refractivity contribution >= 4 is 46.3 Å². The lowest BCUT2D eigenvalue weighted by molar-refractivity contribution is -0.120. The van der Waals surface area contributed by atoms with Crippen molar-refractivity contribution in [2.45, 2.75) is 19.8 Å². The lowest BCUT2D eigenvalue weighted by Gasteiger charge is -2.32. The molecule has 144 valence electrons. The van der Waals surface area contributed by atoms with Crippen molar-refractivity contribution in [1.29, 1.82) is 0 Å². The zero-order chi connectivity index (χ0) is 19.8. The van der Waals surface area contributed by atoms with Gasteiger partial charge in [0.15, 0.2) is 0 Å². The van der Waals surface area contributed by atoms with E-state index in [1.807, 2.05) is 4.90 Å². The highest BCUT2D eigenvalue weighted by Gasteiger charge is 2.43. The number of carbonyl (C=O) groups excluding carboxylic acids is 2. The zero-order valence-corrected chi connectivity index (χ0v) is 17.0. The van der Waals surface area contributed by atoms with E-state index in [4.69, 9.17) is 23.2 Å². The van der Waals surface area contributed by atoms with E-state index in [9.17, 15) is 9.59 Å². The normalized spacial score (nSPS) is 18.4. The Morgan fingerprint density at radius 1 is 0.893 bits per heavy atom. The SMILES string of the molecule is CC1CCN(C2=C(c3ccc(Cl)cc3)C(=O)N(c3ccccc3Cl)C2=O)CC1. The first-order valence-electron chi connectivity index (χ1n) is 9.36. The van der Waals surface area contributed by atoms with Crippen LogP contribution in [0.2, 0.25) is 10.0 Å². The van der Waals surface area contributed by atoms with Crippen molar-refractivity contribution in [2.75, 3.05) is 18.0 Å². The van der Waals surface area contributed by atoms with Crippen LogP contribution in [-0.2, 0) is 9.59 Å². The van der Waals surface area contributed by atoms with Gasteiger partial charge in [-0.2, -0.15) is 0 Å². The molecule has 0 spiro atoms. The van der Waals surface area contributed by atoms with Crippen LogP contribution in [0.15, 0.2) is 54.2 Å². The Morgan fingerprint density at radius 3 is 2.18 bits per heavy atom. The third-order valence-electron chi connectivity index (χ3n) is 5.39. The molecule has 4 nitrogen and oxygen atoms in total. The maximum Gasteiger partial charge on any atom is 0.282 e. The number of amides is 2. The van der Waals surface area contributed by atoms with Gasteiger partial charge in [-0.15, -0.1) is 0 Å². The minimum Gasteiger partial charge on any atom is -0.366 e. The van der Waals surface area contributed by atoms with Crippen molar-refractivity contribution in [3.8, 4) is 0 Å². The molecule has 2 aliphatic heterocycles. The van der Waals surface area contributed by atoms with E-state index in [1.54, 1.807) is 48.5 Å². The number of imide groups is 1. The second-order valence-corrected chi connectivity index (χ2v) is 8.14. The average molecular weight is 415 g/mol. The molecule has 2 aromatic carbocycles. The van der Waals surface area contributed by atoms with Gasteiger partial charge in [0, 0.05) is 18.1 Å². The van der Waals surface area contributed by atoms with Gasteiger partial charge in [0.25, 0.3) is 11.8 Å². The fourth-order valence-corrected chi connectivity index (χ4v) is 4.12. The third-order valence-corrected chi connectivity index (χ3v) is 5.96. The molecule has 0 bridgehead atoms. The summed E-state index contributed by atoms with van der Waals surface area (Å²) in [5.41, 5.74) is 1.97. The number of benzene rings is 2. The summed E-state index contributed by atoms with van der Waals surface area (Å²) >= 11 is 12.3. The predicted octanol–water partition coefficient (Wildman–Crippen LogP) is 5.01. The van der Waals surface area contributed by atoms with Gasteiger partial charge in [-0.3, -0.25) is 9.59 Å². The van der Waals surface area contributed by atoms with Crippen LogP contribution in [0, 0.1) is 5.92 Å². The molecule has 2 aromatic rings. The van der Waals surface area contributed by atoms with Crippen LogP contribution in [0.4, 0.5) is 5.69 Å². The quantitative estimate of drug-likeness (QED) is 0.662. The van der Waals surface area contributed by atoms with E-state index in [1.165, 1.54) is 4.90 Å². The molecule has 28 heavy (non-hydrogen) atoms. The maximum atomic E-state index is 13.4. The molecule has 0 aliphatic carbocycles. The second kappa shape index (κ2) is 7.61. The van der Waals surface area contributed by atoms with E-state index in [0.29, 0.717) is 38.5 Å². The van der Waals surface area contributed by atoms with Crippen LogP contribution in [-0.4, -0.2) is 29.8 Å². The highest BCUT2D eigenvalue weighted by molar-refractivity contribution is 6.47. The number of likely N-dealkylation sites (tertiary alicyclic amines) is 1. The molecular formula is C22H20Cl2N2O2. The molecular weight excluding hydrogens is 395 g/mol. The first kappa shape index (κ1) is 19.0. The number of para-hydroxylation sites is 1. The summed E-state index contributed by atoms with van der Waals surface area (Å²) in [4.78, 5) is 30.1. The molecule has 0 radical (unpaired) electrons. The van der Waals surface area contributed by atoms with Gasteiger partial charge in [-0.1, -0.05) is 54.4 Å². The van der Waals surface area contributed by atoms with Crippen LogP contribution in [0.1, 0.15) is 25.3 Å². The van der Waals surface area contributed by atoms with Gasteiger partial charge in [0.2, 0.25) is 0 Å². The van der Waals surface area contributed by atoms with Crippen molar-refractivity contribution in [2.24, 2.45) is 5.92 Å². The fourth-order valence-electron chi connectivity index (χ4n) is 3.77. The molecule has 4 rings (SSSR count). The molecule has 2 heterocycles. The number of rotatable bonds is 3. The second-order valence-electron chi connectivity index (χ2n) is 7.30. The van der Waals surface area contributed by atoms with Crippen LogP contribution < -0.4 is 4.90 Å². The summed E-state index contributed by atoms with van der Waals surface area (Å²) in [7, 11) is 0. The highest BCUT2D eigenvalue weighted by atomic mass is 35.5. The zero-order valence-electron chi connectivity index (χ0n) is 15.5. The van der Waals surface area contributed by atoms with E-state index < -0.39 is 0 Å². The molecule has 0 saturated carbocycles. The Morgan fingerprint density at radius 2 is 1.54 bits per heavy atom. The topological polar surface area (TPSA) is 40.6 Å². The smallest absolute Gasteiger partial charge is 0.282 e. The summed E-state index contributed by atoms with van der Waals surface area (Å²) in [6.07, 6.45) is 1.98. The van der Waals surface area contributed by atoms with Crippen molar-refractivity contribution in [3.05, 3.63) is 69.8 Å². The van der Waals surface area contributed by atoms with Crippen molar-refractivity contribution in [1.82, 2.24) is 4.90 Å². The van der Waals surface area contributed by atoms with Crippen LogP contribution in [0.25, 0.3) is 5.57 Å². The largest absolute Gasteiger partial charge is 0.366 e. The molecule has 6 heteroatoms. The monoisotopic (exact) mass is 414 g/mol. The highest BCUT2D eigenvalue weighted by Crippen LogP contribution is 2.38. The molecule has 0 N–H and O–H groups in total. The standard InChI is InChI=1S/C22H20Cl2N2O2/c1-14-10-12-25(13-11-14)20-19(15-6-8-16(23)9-7-15)21(27)26(22(20)28)18-5-3-2-4-17(18)24/h2-9,14H,10-13H2,1H3. The molecule has 2 amide bonds. The van der Waals surface area contributed by atoms with Crippen molar-refractivity contribution in [3.63, 3.8) is 0 Å². The van der Waals surface area contributed by atoms with Crippen molar-refractivity contribution < 1.29 is 9.59 Å². The number of anilines is 1. The molecule has 0 aromatic heterocycles. The summed E-state index contributed by atoms with van der Waals surface area (Å²) < 4.78 is 0. The summed E-state index contributed by atoms with van der Waals surface area (Å²) in [6.45, 7) is 3.72. The Bertz CT molecular complexity index is 961. The first-order valence-corrected chi connectivity index (χ1v) is 10.1. The molecule has 0 unspecified atom stereocenters. The maximum absolute atomic E-state index is 13.4. The predicted molar refractivity (Wildman–Crippen MR) is 112 cm³/mol. The van der Waals surface area contributed by atoms with Crippen LogP contribution in [0.3, 0.4) is 0 Å². The Balaban J connectivity index is 1.82. The van der Waals surface area contributed by atoms with E-state index in [0.717, 1.165) is 25.9 Å². The van der Waals surface area contributed by atoms with Gasteiger partial charge in [-0.05, 0) is 48.6 Å². The third kappa shape index (κ3) is 3.31. The van der Waals surface area contributed by atoms with E-state index >= 15 is 0 Å². The van der Waals surface area contributed by atoms with Crippen LogP contribution in [0.5, 0.6) is 0 Å². The lowest BCUT2D eigenvalue weighted by atomic mass is 9.97. The molecule has 1 saturated heterocycles. The van der Waals surface area contributed by atoms with Gasteiger partial charge in [0.1, 0.15) is 5.70 Å². The number of halogens is 2. The number of piperidine rings is 1. The summed E-state index contributed by atoms with van der Waals surface area (Å²) in [5.74, 6) is -0.0608. The van der Waals surface area contributed by atoms with Crippen LogP contribution >= 0.6 is 23.2 Å². The molecule has 2 aliphatic rings. The minimum atomic E-state index is -0.353. The molecule has 0 atom stereocenters. The van der Waals surface area contributed by atoms with Gasteiger partial charge in [-0.25, -0.2) is 4.90 Å². The van der Waals surface area contributed by atoms with E-state index in [-0.39, 0.29) is 11.8 Å². The fraction of sp³-hybridized carbons (Fsp3) is 0.273. The Hall–Kier alpha value is -2.30. The average Bonchev–Trinajstić information content (AvgIpc) is 2.94. The molecule has 1 fully saturated rings. The lowest BCUT2D eigenvalue weighted by Crippen LogP contribution is -2.38. The minimum absolute atomic E-state index is 0.322. The number of nitrogens with zero attached hydrogens (tertiary/aromatic N) is 2. The Labute approximate surface area is 174 Å².